The van der Waals surface area contributed by atoms with Gasteiger partial charge in [-0.1, -0.05) is 35.9 Å². The minimum atomic E-state index is -0.103. The number of carbonyl (C=O) groups is 1. The summed E-state index contributed by atoms with van der Waals surface area (Å²) in [5.74, 6) is 1.07. The monoisotopic (exact) mass is 381 g/mol. The van der Waals surface area contributed by atoms with Crippen molar-refractivity contribution in [2.75, 3.05) is 17.7 Å². The van der Waals surface area contributed by atoms with Crippen molar-refractivity contribution in [2.45, 2.75) is 13.3 Å². The van der Waals surface area contributed by atoms with Gasteiger partial charge in [0.1, 0.15) is 11.6 Å². The summed E-state index contributed by atoms with van der Waals surface area (Å²) in [4.78, 5) is 16.5. The highest BCUT2D eigenvalue weighted by Gasteiger charge is 2.08. The van der Waals surface area contributed by atoms with Crippen LogP contribution in [0.25, 0.3) is 0 Å². The molecule has 0 spiro atoms. The van der Waals surface area contributed by atoms with Gasteiger partial charge >= 0.3 is 0 Å². The lowest BCUT2D eigenvalue weighted by molar-refractivity contribution is -0.115. The maximum absolute atomic E-state index is 12.2. The van der Waals surface area contributed by atoms with Crippen molar-refractivity contribution in [1.82, 2.24) is 4.98 Å². The number of anilines is 3. The van der Waals surface area contributed by atoms with E-state index in [1.54, 1.807) is 37.6 Å². The zero-order valence-electron chi connectivity index (χ0n) is 15.1. The van der Waals surface area contributed by atoms with Crippen molar-refractivity contribution in [3.8, 4) is 5.75 Å². The highest BCUT2D eigenvalue weighted by molar-refractivity contribution is 6.31. The van der Waals surface area contributed by atoms with Crippen molar-refractivity contribution >= 4 is 34.7 Å². The van der Waals surface area contributed by atoms with Crippen LogP contribution in [0.3, 0.4) is 0 Å². The third kappa shape index (κ3) is 4.99. The summed E-state index contributed by atoms with van der Waals surface area (Å²) in [5.41, 5.74) is 3.59. The largest absolute Gasteiger partial charge is 0.495 e. The Bertz CT molecular complexity index is 942. The molecule has 5 nitrogen and oxygen atoms in total. The fourth-order valence-electron chi connectivity index (χ4n) is 2.64. The second-order valence-corrected chi connectivity index (χ2v) is 6.49. The quantitative estimate of drug-likeness (QED) is 0.632. The van der Waals surface area contributed by atoms with E-state index in [-0.39, 0.29) is 5.91 Å². The molecule has 1 heterocycles. The highest BCUT2D eigenvalue weighted by atomic mass is 35.5. The number of pyridine rings is 1. The van der Waals surface area contributed by atoms with Gasteiger partial charge in [0, 0.05) is 5.02 Å². The number of methoxy groups -OCH3 is 1. The van der Waals surface area contributed by atoms with Crippen LogP contribution in [0.5, 0.6) is 5.75 Å². The van der Waals surface area contributed by atoms with Crippen molar-refractivity contribution in [3.05, 3.63) is 76.9 Å². The number of nitrogens with one attached hydrogen (secondary N) is 2. The summed E-state index contributed by atoms with van der Waals surface area (Å²) >= 11 is 6.04. The van der Waals surface area contributed by atoms with E-state index in [2.05, 4.69) is 15.6 Å². The first kappa shape index (κ1) is 18.7. The van der Waals surface area contributed by atoms with Gasteiger partial charge in [0.2, 0.25) is 5.91 Å². The molecular formula is C21H20ClN3O2. The standard InChI is InChI=1S/C21H20ClN3O2/c1-14-5-3-4-6-15(14)11-21(26)25-20-10-8-17(13-23-20)24-18-12-16(22)7-9-19(18)27-2/h3-10,12-13,24H,11H2,1-2H3,(H,23,25,26). The molecular weight excluding hydrogens is 362 g/mol. The van der Waals surface area contributed by atoms with Crippen LogP contribution in [0.2, 0.25) is 5.02 Å². The van der Waals surface area contributed by atoms with E-state index < -0.39 is 0 Å². The van der Waals surface area contributed by atoms with Gasteiger partial charge in [-0.15, -0.1) is 0 Å². The smallest absolute Gasteiger partial charge is 0.229 e. The first-order valence-electron chi connectivity index (χ1n) is 8.46. The minimum absolute atomic E-state index is 0.103. The molecule has 27 heavy (non-hydrogen) atoms. The Balaban J connectivity index is 1.64. The topological polar surface area (TPSA) is 63.2 Å². The molecule has 1 amide bonds. The third-order valence-corrected chi connectivity index (χ3v) is 4.32. The maximum atomic E-state index is 12.2. The lowest BCUT2D eigenvalue weighted by Gasteiger charge is -2.12. The Hall–Kier alpha value is -3.05. The predicted molar refractivity (Wildman–Crippen MR) is 109 cm³/mol. The van der Waals surface area contributed by atoms with E-state index in [4.69, 9.17) is 16.3 Å². The number of halogens is 1. The average Bonchev–Trinajstić information content (AvgIpc) is 2.65. The molecule has 3 rings (SSSR count). The Morgan fingerprint density at radius 2 is 1.96 bits per heavy atom. The number of benzene rings is 2. The Kier molecular flexibility index (Phi) is 5.94. The summed E-state index contributed by atoms with van der Waals surface area (Å²) in [5, 5.41) is 6.63. The highest BCUT2D eigenvalue weighted by Crippen LogP contribution is 2.30. The maximum Gasteiger partial charge on any atom is 0.229 e. The van der Waals surface area contributed by atoms with Crippen LogP contribution in [0, 0.1) is 6.92 Å². The van der Waals surface area contributed by atoms with E-state index in [0.29, 0.717) is 23.0 Å². The molecule has 0 aliphatic rings. The number of aryl methyl sites for hydroxylation is 1. The second kappa shape index (κ2) is 8.56. The average molecular weight is 382 g/mol. The number of ether oxygens (including phenoxy) is 1. The number of rotatable bonds is 6. The van der Waals surface area contributed by atoms with Crippen LogP contribution in [0.4, 0.5) is 17.2 Å². The van der Waals surface area contributed by atoms with E-state index >= 15 is 0 Å². The van der Waals surface area contributed by atoms with Crippen LogP contribution in [0.15, 0.2) is 60.8 Å². The molecule has 0 saturated carbocycles. The number of carbonyl (C=O) groups excluding carboxylic acids is 1. The van der Waals surface area contributed by atoms with Gasteiger partial charge in [-0.2, -0.15) is 0 Å². The number of nitrogens with zero attached hydrogens (tertiary/aromatic N) is 1. The summed E-state index contributed by atoms with van der Waals surface area (Å²) < 4.78 is 5.32. The van der Waals surface area contributed by atoms with Crippen LogP contribution < -0.4 is 15.4 Å². The molecule has 0 aliphatic heterocycles. The number of amides is 1. The Labute approximate surface area is 163 Å². The molecule has 0 saturated heterocycles. The number of hydrogen-bond acceptors (Lipinski definition) is 4. The molecule has 0 radical (unpaired) electrons. The molecule has 3 aromatic rings. The molecule has 6 heteroatoms. The zero-order chi connectivity index (χ0) is 19.2. The van der Waals surface area contributed by atoms with Gasteiger partial charge in [-0.25, -0.2) is 4.98 Å². The lowest BCUT2D eigenvalue weighted by Crippen LogP contribution is -2.15. The number of aromatic nitrogens is 1. The first-order chi connectivity index (χ1) is 13.0. The van der Waals surface area contributed by atoms with E-state index in [1.165, 1.54) is 0 Å². The fraction of sp³-hybridized carbons (Fsp3) is 0.143. The van der Waals surface area contributed by atoms with E-state index in [1.807, 2.05) is 37.3 Å². The SMILES string of the molecule is COc1ccc(Cl)cc1Nc1ccc(NC(=O)Cc2ccccc2C)nc1. The summed E-state index contributed by atoms with van der Waals surface area (Å²) in [6, 6.07) is 16.7. The van der Waals surface area contributed by atoms with Gasteiger partial charge in [0.25, 0.3) is 0 Å². The molecule has 0 fully saturated rings. The number of hydrogen-bond donors (Lipinski definition) is 2. The molecule has 2 N–H and O–H groups in total. The van der Waals surface area contributed by atoms with Gasteiger partial charge in [-0.05, 0) is 48.4 Å². The Morgan fingerprint density at radius 1 is 1.15 bits per heavy atom. The van der Waals surface area contributed by atoms with E-state index in [9.17, 15) is 4.79 Å². The van der Waals surface area contributed by atoms with Crippen LogP contribution in [-0.2, 0) is 11.2 Å². The van der Waals surface area contributed by atoms with Gasteiger partial charge in [0.15, 0.2) is 0 Å². The van der Waals surface area contributed by atoms with E-state index in [0.717, 1.165) is 22.5 Å². The van der Waals surface area contributed by atoms with Gasteiger partial charge < -0.3 is 15.4 Å². The van der Waals surface area contributed by atoms with Gasteiger partial charge in [-0.3, -0.25) is 4.79 Å². The van der Waals surface area contributed by atoms with Crippen molar-refractivity contribution in [1.29, 1.82) is 0 Å². The Morgan fingerprint density at radius 3 is 2.67 bits per heavy atom. The predicted octanol–water partition coefficient (Wildman–Crippen LogP) is 4.98. The zero-order valence-corrected chi connectivity index (χ0v) is 15.9. The second-order valence-electron chi connectivity index (χ2n) is 6.05. The summed E-state index contributed by atoms with van der Waals surface area (Å²) in [7, 11) is 1.60. The minimum Gasteiger partial charge on any atom is -0.495 e. The van der Waals surface area contributed by atoms with Crippen molar-refractivity contribution in [3.63, 3.8) is 0 Å². The summed E-state index contributed by atoms with van der Waals surface area (Å²) in [6.07, 6.45) is 1.96. The molecule has 0 atom stereocenters. The molecule has 0 aliphatic carbocycles. The van der Waals surface area contributed by atoms with Gasteiger partial charge in [0.05, 0.1) is 31.1 Å². The van der Waals surface area contributed by atoms with Crippen LogP contribution in [-0.4, -0.2) is 18.0 Å². The first-order valence-corrected chi connectivity index (χ1v) is 8.84. The van der Waals surface area contributed by atoms with Crippen LogP contribution >= 0.6 is 11.6 Å². The molecule has 0 unspecified atom stereocenters. The molecule has 2 aromatic carbocycles. The fourth-order valence-corrected chi connectivity index (χ4v) is 2.82. The normalized spacial score (nSPS) is 10.3. The van der Waals surface area contributed by atoms with Crippen molar-refractivity contribution in [2.24, 2.45) is 0 Å². The third-order valence-electron chi connectivity index (χ3n) is 4.08. The molecule has 0 bridgehead atoms. The van der Waals surface area contributed by atoms with Crippen LogP contribution in [0.1, 0.15) is 11.1 Å². The molecule has 138 valence electrons. The summed E-state index contributed by atoms with van der Waals surface area (Å²) in [6.45, 7) is 1.99. The molecule has 1 aromatic heterocycles. The lowest BCUT2D eigenvalue weighted by atomic mass is 10.1. The van der Waals surface area contributed by atoms with Crippen molar-refractivity contribution < 1.29 is 9.53 Å².